The molecule has 0 atom stereocenters. The summed E-state index contributed by atoms with van der Waals surface area (Å²) < 4.78 is 0. The molecule has 0 spiro atoms. The van der Waals surface area contributed by atoms with Crippen LogP contribution in [0.3, 0.4) is 0 Å². The first-order chi connectivity index (χ1) is 9.74. The van der Waals surface area contributed by atoms with Gasteiger partial charge in [0.2, 0.25) is 0 Å². The van der Waals surface area contributed by atoms with E-state index >= 15 is 0 Å². The molecule has 0 aromatic carbocycles. The first-order valence-corrected chi connectivity index (χ1v) is 8.66. The molecule has 110 valence electrons. The third kappa shape index (κ3) is 3.07. The molecule has 2 saturated heterocycles. The van der Waals surface area contributed by atoms with E-state index in [-0.39, 0.29) is 5.91 Å². The van der Waals surface area contributed by atoms with Gasteiger partial charge in [-0.05, 0) is 63.7 Å². The van der Waals surface area contributed by atoms with Crippen LogP contribution in [0.4, 0.5) is 0 Å². The van der Waals surface area contributed by atoms with Crippen LogP contribution < -0.4 is 0 Å². The molecule has 4 heteroatoms. The number of amides is 1. The number of carbonyl (C=O) groups is 1. The van der Waals surface area contributed by atoms with Crippen LogP contribution in [-0.2, 0) is 6.54 Å². The van der Waals surface area contributed by atoms with Crippen LogP contribution in [0.5, 0.6) is 0 Å². The first kappa shape index (κ1) is 14.1. The second-order valence-electron chi connectivity index (χ2n) is 6.05. The van der Waals surface area contributed by atoms with Crippen LogP contribution in [0.2, 0.25) is 0 Å². The topological polar surface area (TPSA) is 23.6 Å². The van der Waals surface area contributed by atoms with E-state index in [0.29, 0.717) is 0 Å². The second-order valence-corrected chi connectivity index (χ2v) is 7.30. The van der Waals surface area contributed by atoms with Crippen molar-refractivity contribution < 1.29 is 4.79 Å². The van der Waals surface area contributed by atoms with E-state index in [1.165, 1.54) is 42.8 Å². The Morgan fingerprint density at radius 1 is 1.10 bits per heavy atom. The number of piperidine rings is 1. The van der Waals surface area contributed by atoms with Crippen molar-refractivity contribution in [2.75, 3.05) is 26.2 Å². The van der Waals surface area contributed by atoms with Gasteiger partial charge in [0.1, 0.15) is 0 Å². The Bertz CT molecular complexity index is 471. The lowest BCUT2D eigenvalue weighted by Crippen LogP contribution is -2.35. The minimum Gasteiger partial charge on any atom is -0.338 e. The normalized spacial score (nSPS) is 20.6. The molecule has 0 saturated carbocycles. The molecule has 1 aromatic heterocycles. The standard InChI is InChI=1S/C16H24N2OS/c1-13-11-14(12-17-7-5-6-8-17)15(20-13)16(19)18-9-3-2-4-10-18/h11H,2-10,12H2,1H3. The minimum atomic E-state index is 0.275. The number of thiophene rings is 1. The molecule has 0 radical (unpaired) electrons. The number of aryl methyl sites for hydroxylation is 1. The van der Waals surface area contributed by atoms with Gasteiger partial charge in [0, 0.05) is 24.5 Å². The molecule has 20 heavy (non-hydrogen) atoms. The number of rotatable bonds is 3. The van der Waals surface area contributed by atoms with Crippen molar-refractivity contribution in [3.8, 4) is 0 Å². The van der Waals surface area contributed by atoms with Crippen molar-refractivity contribution in [3.63, 3.8) is 0 Å². The van der Waals surface area contributed by atoms with Crippen LogP contribution in [0.15, 0.2) is 6.07 Å². The Labute approximate surface area is 125 Å². The predicted molar refractivity (Wildman–Crippen MR) is 83.3 cm³/mol. The van der Waals surface area contributed by atoms with Gasteiger partial charge in [0.25, 0.3) is 5.91 Å². The zero-order valence-electron chi connectivity index (χ0n) is 12.4. The third-order valence-electron chi connectivity index (χ3n) is 4.36. The zero-order valence-corrected chi connectivity index (χ0v) is 13.2. The van der Waals surface area contributed by atoms with Crippen LogP contribution in [0.25, 0.3) is 0 Å². The van der Waals surface area contributed by atoms with Gasteiger partial charge in [-0.1, -0.05) is 0 Å². The molecule has 3 heterocycles. The van der Waals surface area contributed by atoms with Crippen molar-refractivity contribution in [1.29, 1.82) is 0 Å². The molecule has 2 aliphatic heterocycles. The van der Waals surface area contributed by atoms with Gasteiger partial charge >= 0.3 is 0 Å². The van der Waals surface area contributed by atoms with Crippen LogP contribution in [0.1, 0.15) is 52.2 Å². The summed E-state index contributed by atoms with van der Waals surface area (Å²) in [5.41, 5.74) is 1.25. The molecule has 3 rings (SSSR count). The summed E-state index contributed by atoms with van der Waals surface area (Å²) in [6.07, 6.45) is 6.21. The van der Waals surface area contributed by atoms with E-state index < -0.39 is 0 Å². The third-order valence-corrected chi connectivity index (χ3v) is 5.44. The van der Waals surface area contributed by atoms with Crippen molar-refractivity contribution in [2.45, 2.75) is 45.6 Å². The Balaban J connectivity index is 1.75. The number of likely N-dealkylation sites (tertiary alicyclic amines) is 2. The number of hydrogen-bond donors (Lipinski definition) is 0. The lowest BCUT2D eigenvalue weighted by atomic mass is 10.1. The predicted octanol–water partition coefficient (Wildman–Crippen LogP) is 3.28. The maximum atomic E-state index is 12.7. The van der Waals surface area contributed by atoms with Gasteiger partial charge in [-0.2, -0.15) is 0 Å². The molecule has 3 nitrogen and oxygen atoms in total. The fourth-order valence-corrected chi connectivity index (χ4v) is 4.28. The second kappa shape index (κ2) is 6.27. The van der Waals surface area contributed by atoms with Crippen molar-refractivity contribution in [1.82, 2.24) is 9.80 Å². The van der Waals surface area contributed by atoms with Crippen molar-refractivity contribution in [2.24, 2.45) is 0 Å². The van der Waals surface area contributed by atoms with Crippen molar-refractivity contribution in [3.05, 3.63) is 21.4 Å². The van der Waals surface area contributed by atoms with Gasteiger partial charge in [-0.3, -0.25) is 9.69 Å². The number of carbonyl (C=O) groups excluding carboxylic acids is 1. The Hall–Kier alpha value is -0.870. The number of hydrogen-bond acceptors (Lipinski definition) is 3. The highest BCUT2D eigenvalue weighted by Gasteiger charge is 2.24. The maximum Gasteiger partial charge on any atom is 0.264 e. The van der Waals surface area contributed by atoms with E-state index in [1.807, 2.05) is 0 Å². The fraction of sp³-hybridized carbons (Fsp3) is 0.688. The molecule has 2 fully saturated rings. The van der Waals surface area contributed by atoms with E-state index in [2.05, 4.69) is 22.8 Å². The highest BCUT2D eigenvalue weighted by Crippen LogP contribution is 2.27. The van der Waals surface area contributed by atoms with E-state index in [9.17, 15) is 4.79 Å². The molecular formula is C16H24N2OS. The quantitative estimate of drug-likeness (QED) is 0.853. The minimum absolute atomic E-state index is 0.275. The van der Waals surface area contributed by atoms with Gasteiger partial charge < -0.3 is 4.90 Å². The van der Waals surface area contributed by atoms with Crippen LogP contribution in [-0.4, -0.2) is 41.9 Å². The smallest absolute Gasteiger partial charge is 0.264 e. The Morgan fingerprint density at radius 3 is 2.45 bits per heavy atom. The fourth-order valence-electron chi connectivity index (χ4n) is 3.29. The molecule has 2 aliphatic rings. The average Bonchev–Trinajstić information content (AvgIpc) is 3.09. The van der Waals surface area contributed by atoms with Gasteiger partial charge in [0.05, 0.1) is 4.88 Å². The summed E-state index contributed by atoms with van der Waals surface area (Å²) in [7, 11) is 0. The van der Waals surface area contributed by atoms with Gasteiger partial charge in [-0.15, -0.1) is 11.3 Å². The molecule has 1 amide bonds. The summed E-state index contributed by atoms with van der Waals surface area (Å²) in [6.45, 7) is 7.33. The monoisotopic (exact) mass is 292 g/mol. The molecular weight excluding hydrogens is 268 g/mol. The Kier molecular flexibility index (Phi) is 4.41. The Morgan fingerprint density at radius 2 is 1.75 bits per heavy atom. The zero-order chi connectivity index (χ0) is 13.9. The molecule has 1 aromatic rings. The summed E-state index contributed by atoms with van der Waals surface area (Å²) in [5, 5.41) is 0. The molecule has 0 bridgehead atoms. The van der Waals surface area contributed by atoms with Crippen LogP contribution in [0, 0.1) is 6.92 Å². The average molecular weight is 292 g/mol. The summed E-state index contributed by atoms with van der Waals surface area (Å²) >= 11 is 1.68. The highest BCUT2D eigenvalue weighted by molar-refractivity contribution is 7.14. The van der Waals surface area contributed by atoms with Crippen molar-refractivity contribution >= 4 is 17.2 Å². The number of nitrogens with zero attached hydrogens (tertiary/aromatic N) is 2. The largest absolute Gasteiger partial charge is 0.338 e. The first-order valence-electron chi connectivity index (χ1n) is 7.85. The lowest BCUT2D eigenvalue weighted by molar-refractivity contribution is 0.0727. The van der Waals surface area contributed by atoms with E-state index in [0.717, 1.165) is 37.4 Å². The summed E-state index contributed by atoms with van der Waals surface area (Å²) in [4.78, 5) is 19.5. The van der Waals surface area contributed by atoms with Crippen LogP contribution >= 0.6 is 11.3 Å². The van der Waals surface area contributed by atoms with Gasteiger partial charge in [0.15, 0.2) is 0 Å². The SMILES string of the molecule is Cc1cc(CN2CCCC2)c(C(=O)N2CCCCC2)s1. The summed E-state index contributed by atoms with van der Waals surface area (Å²) in [5.74, 6) is 0.275. The van der Waals surface area contributed by atoms with E-state index in [1.54, 1.807) is 11.3 Å². The maximum absolute atomic E-state index is 12.7. The molecule has 0 unspecified atom stereocenters. The highest BCUT2D eigenvalue weighted by atomic mass is 32.1. The molecule has 0 aliphatic carbocycles. The summed E-state index contributed by atoms with van der Waals surface area (Å²) in [6, 6.07) is 2.22. The lowest BCUT2D eigenvalue weighted by Gasteiger charge is -2.27. The molecule has 0 N–H and O–H groups in total. The van der Waals surface area contributed by atoms with Gasteiger partial charge in [-0.25, -0.2) is 0 Å². The van der Waals surface area contributed by atoms with E-state index in [4.69, 9.17) is 0 Å².